The normalized spacial score (nSPS) is 15.7. The van der Waals surface area contributed by atoms with Crippen LogP contribution in [0, 0.1) is 13.8 Å². The van der Waals surface area contributed by atoms with Crippen LogP contribution in [-0.4, -0.2) is 30.8 Å². The van der Waals surface area contributed by atoms with Crippen molar-refractivity contribution in [1.82, 2.24) is 30.2 Å². The van der Waals surface area contributed by atoms with E-state index in [2.05, 4.69) is 20.6 Å². The molecule has 1 fully saturated rings. The molecule has 1 aromatic carbocycles. The van der Waals surface area contributed by atoms with Gasteiger partial charge in [-0.3, -0.25) is 9.48 Å². The lowest BCUT2D eigenvalue weighted by atomic mass is 9.80. The van der Waals surface area contributed by atoms with Crippen molar-refractivity contribution in [3.8, 4) is 11.3 Å². The van der Waals surface area contributed by atoms with Crippen molar-refractivity contribution < 1.29 is 9.32 Å². The molecular weight excluding hydrogens is 404 g/mol. The van der Waals surface area contributed by atoms with Crippen molar-refractivity contribution in [2.75, 3.05) is 0 Å². The Balaban J connectivity index is 1.62. The fourth-order valence-corrected chi connectivity index (χ4v) is 4.72. The second kappa shape index (κ2) is 7.85. The zero-order valence-corrected chi connectivity index (χ0v) is 18.6. The average molecular weight is 431 g/mol. The highest BCUT2D eigenvalue weighted by atomic mass is 16.5. The van der Waals surface area contributed by atoms with Crippen LogP contribution in [0.3, 0.4) is 0 Å². The molecule has 8 nitrogen and oxygen atoms in total. The van der Waals surface area contributed by atoms with Gasteiger partial charge in [-0.15, -0.1) is 0 Å². The molecule has 1 N–H and O–H groups in total. The maximum Gasteiger partial charge on any atom is 0.252 e. The molecule has 4 aromatic rings. The van der Waals surface area contributed by atoms with Gasteiger partial charge in [-0.05, 0) is 25.8 Å². The monoisotopic (exact) mass is 430 g/mol. The molecule has 1 amide bonds. The number of rotatable bonds is 4. The van der Waals surface area contributed by atoms with Crippen LogP contribution in [0.1, 0.15) is 59.9 Å². The average Bonchev–Trinajstić information content (AvgIpc) is 3.37. The molecule has 0 radical (unpaired) electrons. The summed E-state index contributed by atoms with van der Waals surface area (Å²) in [6.45, 7) is 3.67. The summed E-state index contributed by atoms with van der Waals surface area (Å²) >= 11 is 0. The van der Waals surface area contributed by atoms with E-state index >= 15 is 0 Å². The number of carbonyl (C=O) groups excluding carboxylic acids is 1. The smallest absolute Gasteiger partial charge is 0.252 e. The van der Waals surface area contributed by atoms with Gasteiger partial charge in [-0.25, -0.2) is 4.98 Å². The summed E-state index contributed by atoms with van der Waals surface area (Å²) in [4.78, 5) is 23.1. The standard InChI is InChI=1S/C24H26N6O2/c1-15-20-18(14-19(17-10-6-4-7-11-17)26-21(20)30(3)28-15)22(31)27-24(12-8-5-9-13-24)23-25-16(2)32-29-23/h4,6-7,10-11,14H,5,8-9,12-13H2,1-3H3,(H,27,31). The first kappa shape index (κ1) is 20.4. The lowest BCUT2D eigenvalue weighted by Crippen LogP contribution is -2.48. The summed E-state index contributed by atoms with van der Waals surface area (Å²) in [5, 5.41) is 12.8. The number of carbonyl (C=O) groups is 1. The van der Waals surface area contributed by atoms with Crippen LogP contribution in [0.5, 0.6) is 0 Å². The van der Waals surface area contributed by atoms with Crippen molar-refractivity contribution in [2.24, 2.45) is 7.05 Å². The third-order valence-corrected chi connectivity index (χ3v) is 6.30. The van der Waals surface area contributed by atoms with Crippen LogP contribution in [0.25, 0.3) is 22.3 Å². The first-order valence-corrected chi connectivity index (χ1v) is 11.0. The van der Waals surface area contributed by atoms with Gasteiger partial charge in [-0.2, -0.15) is 10.1 Å². The van der Waals surface area contributed by atoms with E-state index in [9.17, 15) is 4.79 Å². The predicted molar refractivity (Wildman–Crippen MR) is 120 cm³/mol. The van der Waals surface area contributed by atoms with Crippen LogP contribution >= 0.6 is 0 Å². The Labute approximate surface area is 186 Å². The Hall–Kier alpha value is -3.55. The molecule has 5 rings (SSSR count). The van der Waals surface area contributed by atoms with Gasteiger partial charge in [0.15, 0.2) is 11.5 Å². The summed E-state index contributed by atoms with van der Waals surface area (Å²) < 4.78 is 6.99. The molecule has 0 atom stereocenters. The van der Waals surface area contributed by atoms with Crippen molar-refractivity contribution in [3.63, 3.8) is 0 Å². The van der Waals surface area contributed by atoms with Gasteiger partial charge < -0.3 is 9.84 Å². The molecule has 0 unspecified atom stereocenters. The van der Waals surface area contributed by atoms with Crippen LogP contribution in [-0.2, 0) is 12.6 Å². The Kier molecular flexibility index (Phi) is 5.00. The number of pyridine rings is 1. The number of amides is 1. The van der Waals surface area contributed by atoms with Gasteiger partial charge in [0, 0.05) is 19.5 Å². The molecule has 3 aromatic heterocycles. The van der Waals surface area contributed by atoms with Crippen LogP contribution in [0.2, 0.25) is 0 Å². The van der Waals surface area contributed by atoms with Gasteiger partial charge in [0.05, 0.1) is 22.3 Å². The highest BCUT2D eigenvalue weighted by molar-refractivity contribution is 6.07. The molecule has 0 spiro atoms. The van der Waals surface area contributed by atoms with Crippen molar-refractivity contribution >= 4 is 16.9 Å². The van der Waals surface area contributed by atoms with Gasteiger partial charge in [0.2, 0.25) is 5.89 Å². The van der Waals surface area contributed by atoms with Crippen molar-refractivity contribution in [1.29, 1.82) is 0 Å². The zero-order chi connectivity index (χ0) is 22.3. The summed E-state index contributed by atoms with van der Waals surface area (Å²) in [7, 11) is 1.85. The molecule has 0 bridgehead atoms. The van der Waals surface area contributed by atoms with Gasteiger partial charge in [0.1, 0.15) is 5.54 Å². The minimum absolute atomic E-state index is 0.171. The Morgan fingerprint density at radius 1 is 1.09 bits per heavy atom. The molecule has 0 aliphatic heterocycles. The molecule has 164 valence electrons. The Bertz CT molecular complexity index is 1280. The van der Waals surface area contributed by atoms with Gasteiger partial charge in [-0.1, -0.05) is 54.8 Å². The lowest BCUT2D eigenvalue weighted by molar-refractivity contribution is 0.0857. The molecule has 3 heterocycles. The highest BCUT2D eigenvalue weighted by Crippen LogP contribution is 2.36. The number of benzene rings is 1. The summed E-state index contributed by atoms with van der Waals surface area (Å²) in [5.74, 6) is 0.884. The molecular formula is C24H26N6O2. The molecule has 32 heavy (non-hydrogen) atoms. The largest absolute Gasteiger partial charge is 0.340 e. The molecule has 8 heteroatoms. The second-order valence-corrected chi connectivity index (χ2v) is 8.56. The number of aromatic nitrogens is 5. The predicted octanol–water partition coefficient (Wildman–Crippen LogP) is 4.22. The minimum Gasteiger partial charge on any atom is -0.340 e. The quantitative estimate of drug-likeness (QED) is 0.520. The molecule has 1 aliphatic rings. The molecule has 1 saturated carbocycles. The van der Waals surface area contributed by atoms with Crippen LogP contribution in [0.4, 0.5) is 0 Å². The summed E-state index contributed by atoms with van der Waals surface area (Å²) in [6.07, 6.45) is 4.70. The number of aryl methyl sites for hydroxylation is 3. The van der Waals surface area contributed by atoms with E-state index in [4.69, 9.17) is 9.51 Å². The van der Waals surface area contributed by atoms with E-state index in [0.717, 1.165) is 54.4 Å². The number of nitrogens with zero attached hydrogens (tertiary/aromatic N) is 5. The fourth-order valence-electron chi connectivity index (χ4n) is 4.72. The van der Waals surface area contributed by atoms with E-state index in [-0.39, 0.29) is 5.91 Å². The van der Waals surface area contributed by atoms with E-state index < -0.39 is 5.54 Å². The highest BCUT2D eigenvalue weighted by Gasteiger charge is 2.40. The number of hydrogen-bond donors (Lipinski definition) is 1. The topological polar surface area (TPSA) is 98.7 Å². The second-order valence-electron chi connectivity index (χ2n) is 8.56. The first-order chi connectivity index (χ1) is 15.5. The van der Waals surface area contributed by atoms with Crippen LogP contribution < -0.4 is 5.32 Å². The maximum atomic E-state index is 13.8. The van der Waals surface area contributed by atoms with Gasteiger partial charge in [0.25, 0.3) is 5.91 Å². The number of hydrogen-bond acceptors (Lipinski definition) is 6. The third kappa shape index (κ3) is 3.45. The Morgan fingerprint density at radius 3 is 2.53 bits per heavy atom. The SMILES string of the molecule is Cc1nc(C2(NC(=O)c3cc(-c4ccccc4)nc4c3c(C)nn4C)CCCCC2)no1. The van der Waals surface area contributed by atoms with Crippen LogP contribution in [0.15, 0.2) is 40.9 Å². The lowest BCUT2D eigenvalue weighted by Gasteiger charge is -2.35. The summed E-state index contributed by atoms with van der Waals surface area (Å²) in [5.41, 5.74) is 3.06. The zero-order valence-electron chi connectivity index (χ0n) is 18.6. The van der Waals surface area contributed by atoms with E-state index in [1.54, 1.807) is 11.6 Å². The number of fused-ring (bicyclic) bond motifs is 1. The van der Waals surface area contributed by atoms with E-state index in [1.807, 2.05) is 50.4 Å². The fraction of sp³-hybridized carbons (Fsp3) is 0.375. The minimum atomic E-state index is -0.633. The van der Waals surface area contributed by atoms with E-state index in [0.29, 0.717) is 22.9 Å². The first-order valence-electron chi connectivity index (χ1n) is 11.0. The number of nitrogens with one attached hydrogen (secondary N) is 1. The molecule has 1 aliphatic carbocycles. The van der Waals surface area contributed by atoms with Crippen molar-refractivity contribution in [2.45, 2.75) is 51.5 Å². The van der Waals surface area contributed by atoms with E-state index in [1.165, 1.54) is 0 Å². The summed E-state index contributed by atoms with van der Waals surface area (Å²) in [6, 6.07) is 11.7. The van der Waals surface area contributed by atoms with Gasteiger partial charge >= 0.3 is 0 Å². The van der Waals surface area contributed by atoms with Crippen molar-refractivity contribution in [3.05, 3.63) is 59.4 Å². The maximum absolute atomic E-state index is 13.8. The Morgan fingerprint density at radius 2 is 1.84 bits per heavy atom. The molecule has 0 saturated heterocycles. The third-order valence-electron chi connectivity index (χ3n) is 6.30.